The van der Waals surface area contributed by atoms with Gasteiger partial charge in [0.1, 0.15) is 0 Å². The van der Waals surface area contributed by atoms with Gasteiger partial charge in [-0.3, -0.25) is 9.69 Å². The fourth-order valence-corrected chi connectivity index (χ4v) is 4.37. The van der Waals surface area contributed by atoms with Crippen LogP contribution in [0.25, 0.3) is 0 Å². The number of carbonyl (C=O) groups is 1. The first-order valence-electron chi connectivity index (χ1n) is 8.37. The molecule has 20 heavy (non-hydrogen) atoms. The maximum atomic E-state index is 12.5. The van der Waals surface area contributed by atoms with Crippen LogP contribution in [0.3, 0.4) is 0 Å². The predicted octanol–water partition coefficient (Wildman–Crippen LogP) is 1.46. The lowest BCUT2D eigenvalue weighted by Crippen LogP contribution is -2.46. The third-order valence-corrected chi connectivity index (χ3v) is 5.77. The van der Waals surface area contributed by atoms with Gasteiger partial charge in [0.25, 0.3) is 0 Å². The third kappa shape index (κ3) is 3.01. The summed E-state index contributed by atoms with van der Waals surface area (Å²) in [6, 6.07) is 0.586. The van der Waals surface area contributed by atoms with Crippen LogP contribution in [0.15, 0.2) is 0 Å². The Bertz CT molecular complexity index is 346. The minimum absolute atomic E-state index is 0.356. The van der Waals surface area contributed by atoms with Gasteiger partial charge in [0.05, 0.1) is 6.54 Å². The van der Waals surface area contributed by atoms with E-state index < -0.39 is 0 Å². The molecule has 3 rings (SSSR count). The topological polar surface area (TPSA) is 35.6 Å². The molecule has 0 unspecified atom stereocenters. The summed E-state index contributed by atoms with van der Waals surface area (Å²) in [5.41, 5.74) is 0.503. The lowest BCUT2D eigenvalue weighted by molar-refractivity contribution is -0.132. The Hall–Kier alpha value is -0.610. The van der Waals surface area contributed by atoms with Crippen molar-refractivity contribution < 1.29 is 4.79 Å². The second kappa shape index (κ2) is 6.02. The van der Waals surface area contributed by atoms with Crippen LogP contribution in [0.4, 0.5) is 0 Å². The fourth-order valence-electron chi connectivity index (χ4n) is 4.37. The van der Waals surface area contributed by atoms with Gasteiger partial charge < -0.3 is 10.2 Å². The molecule has 1 aliphatic carbocycles. The summed E-state index contributed by atoms with van der Waals surface area (Å²) in [6.07, 6.45) is 9.03. The fraction of sp³-hybridized carbons (Fsp3) is 0.938. The van der Waals surface area contributed by atoms with Crippen molar-refractivity contribution in [1.82, 2.24) is 15.1 Å². The van der Waals surface area contributed by atoms with Crippen LogP contribution >= 0.6 is 0 Å². The predicted molar refractivity (Wildman–Crippen MR) is 80.6 cm³/mol. The Morgan fingerprint density at radius 2 is 1.95 bits per heavy atom. The number of carbonyl (C=O) groups excluding carboxylic acids is 1. The normalized spacial score (nSPS) is 26.8. The molecule has 0 atom stereocenters. The van der Waals surface area contributed by atoms with Crippen molar-refractivity contribution in [3.05, 3.63) is 0 Å². The molecule has 0 aromatic rings. The Balaban J connectivity index is 1.49. The molecule has 0 aromatic carbocycles. The molecule has 2 saturated heterocycles. The molecule has 0 radical (unpaired) electrons. The van der Waals surface area contributed by atoms with Crippen molar-refractivity contribution in [2.75, 3.05) is 39.8 Å². The summed E-state index contributed by atoms with van der Waals surface area (Å²) in [4.78, 5) is 16.9. The Labute approximate surface area is 122 Å². The zero-order valence-corrected chi connectivity index (χ0v) is 12.9. The number of rotatable bonds is 3. The van der Waals surface area contributed by atoms with Crippen LogP contribution in [-0.4, -0.2) is 61.5 Å². The van der Waals surface area contributed by atoms with E-state index in [1.807, 2.05) is 0 Å². The van der Waals surface area contributed by atoms with Crippen molar-refractivity contribution in [3.63, 3.8) is 0 Å². The van der Waals surface area contributed by atoms with E-state index in [9.17, 15) is 4.79 Å². The number of hydrogen-bond acceptors (Lipinski definition) is 3. The monoisotopic (exact) mass is 279 g/mol. The molecule has 1 N–H and O–H groups in total. The summed E-state index contributed by atoms with van der Waals surface area (Å²) < 4.78 is 0. The molecule has 1 saturated carbocycles. The SMILES string of the molecule is CN(CC(=O)N1CCC2(CCCC2)C1)C1CCNCC1. The Kier molecular flexibility index (Phi) is 4.32. The maximum Gasteiger partial charge on any atom is 0.236 e. The first-order valence-corrected chi connectivity index (χ1v) is 8.37. The molecule has 114 valence electrons. The molecule has 4 heteroatoms. The smallest absolute Gasteiger partial charge is 0.236 e. The zero-order valence-electron chi connectivity index (χ0n) is 12.9. The van der Waals surface area contributed by atoms with Crippen molar-refractivity contribution in [2.45, 2.75) is 51.0 Å². The van der Waals surface area contributed by atoms with Gasteiger partial charge in [-0.25, -0.2) is 0 Å². The molecular weight excluding hydrogens is 250 g/mol. The van der Waals surface area contributed by atoms with Crippen LogP contribution in [0.1, 0.15) is 44.9 Å². The minimum atomic E-state index is 0.356. The summed E-state index contributed by atoms with van der Waals surface area (Å²) >= 11 is 0. The number of nitrogens with zero attached hydrogens (tertiary/aromatic N) is 2. The maximum absolute atomic E-state index is 12.5. The van der Waals surface area contributed by atoms with Gasteiger partial charge in [-0.1, -0.05) is 12.8 Å². The number of likely N-dealkylation sites (tertiary alicyclic amines) is 1. The summed E-state index contributed by atoms with van der Waals surface area (Å²) in [7, 11) is 2.12. The zero-order chi connectivity index (χ0) is 14.0. The van der Waals surface area contributed by atoms with E-state index >= 15 is 0 Å². The molecule has 0 bridgehead atoms. The van der Waals surface area contributed by atoms with E-state index in [1.54, 1.807) is 0 Å². The summed E-state index contributed by atoms with van der Waals surface area (Å²) in [5.74, 6) is 0.356. The van der Waals surface area contributed by atoms with Gasteiger partial charge in [-0.05, 0) is 57.7 Å². The van der Waals surface area contributed by atoms with Crippen molar-refractivity contribution >= 4 is 5.91 Å². The largest absolute Gasteiger partial charge is 0.341 e. The quantitative estimate of drug-likeness (QED) is 0.849. The van der Waals surface area contributed by atoms with Crippen LogP contribution in [-0.2, 0) is 4.79 Å². The highest BCUT2D eigenvalue weighted by molar-refractivity contribution is 5.78. The van der Waals surface area contributed by atoms with Gasteiger partial charge in [-0.2, -0.15) is 0 Å². The number of nitrogens with one attached hydrogen (secondary N) is 1. The van der Waals surface area contributed by atoms with E-state index in [2.05, 4.69) is 22.2 Å². The van der Waals surface area contributed by atoms with E-state index in [0.717, 1.165) is 26.2 Å². The molecular formula is C16H29N3O. The number of likely N-dealkylation sites (N-methyl/N-ethyl adjacent to an activating group) is 1. The Morgan fingerprint density at radius 3 is 2.65 bits per heavy atom. The van der Waals surface area contributed by atoms with Gasteiger partial charge in [-0.15, -0.1) is 0 Å². The lowest BCUT2D eigenvalue weighted by atomic mass is 9.86. The molecule has 4 nitrogen and oxygen atoms in total. The van der Waals surface area contributed by atoms with Gasteiger partial charge in [0.15, 0.2) is 0 Å². The van der Waals surface area contributed by atoms with Crippen LogP contribution in [0, 0.1) is 5.41 Å². The Morgan fingerprint density at radius 1 is 1.25 bits per heavy atom. The first-order chi connectivity index (χ1) is 9.69. The molecule has 3 aliphatic rings. The lowest BCUT2D eigenvalue weighted by Gasteiger charge is -2.32. The highest BCUT2D eigenvalue weighted by atomic mass is 16.2. The molecule has 2 heterocycles. The van der Waals surface area contributed by atoms with Crippen LogP contribution in [0.5, 0.6) is 0 Å². The van der Waals surface area contributed by atoms with E-state index in [1.165, 1.54) is 44.9 Å². The number of amides is 1. The van der Waals surface area contributed by atoms with Gasteiger partial charge in [0, 0.05) is 19.1 Å². The minimum Gasteiger partial charge on any atom is -0.341 e. The molecule has 1 spiro atoms. The van der Waals surface area contributed by atoms with Crippen LogP contribution in [0.2, 0.25) is 0 Å². The van der Waals surface area contributed by atoms with E-state index in [0.29, 0.717) is 23.9 Å². The van der Waals surface area contributed by atoms with Crippen molar-refractivity contribution in [2.24, 2.45) is 5.41 Å². The van der Waals surface area contributed by atoms with E-state index in [-0.39, 0.29) is 0 Å². The number of piperidine rings is 1. The summed E-state index contributed by atoms with van der Waals surface area (Å²) in [6.45, 7) is 4.83. The highest BCUT2D eigenvalue weighted by Crippen LogP contribution is 2.45. The van der Waals surface area contributed by atoms with Gasteiger partial charge >= 0.3 is 0 Å². The standard InChI is InChI=1S/C16H29N3O/c1-18(14-4-9-17-10-5-14)12-15(20)19-11-8-16(13-19)6-2-3-7-16/h14,17H,2-13H2,1H3. The third-order valence-electron chi connectivity index (χ3n) is 5.77. The molecule has 0 aromatic heterocycles. The van der Waals surface area contributed by atoms with Crippen LogP contribution < -0.4 is 5.32 Å². The first kappa shape index (κ1) is 14.3. The van der Waals surface area contributed by atoms with Gasteiger partial charge in [0.2, 0.25) is 5.91 Å². The van der Waals surface area contributed by atoms with Crippen molar-refractivity contribution in [1.29, 1.82) is 0 Å². The summed E-state index contributed by atoms with van der Waals surface area (Å²) in [5, 5.41) is 3.39. The molecule has 1 amide bonds. The average molecular weight is 279 g/mol. The molecule has 3 fully saturated rings. The van der Waals surface area contributed by atoms with Crippen molar-refractivity contribution in [3.8, 4) is 0 Å². The average Bonchev–Trinajstić information content (AvgIpc) is 3.10. The second-order valence-corrected chi connectivity index (χ2v) is 7.17. The highest BCUT2D eigenvalue weighted by Gasteiger charge is 2.41. The molecule has 2 aliphatic heterocycles. The van der Waals surface area contributed by atoms with E-state index in [4.69, 9.17) is 0 Å². The second-order valence-electron chi connectivity index (χ2n) is 7.17. The number of hydrogen-bond donors (Lipinski definition) is 1.